The van der Waals surface area contributed by atoms with Gasteiger partial charge < -0.3 is 15.1 Å². The molecule has 0 spiro atoms. The van der Waals surface area contributed by atoms with Crippen LogP contribution in [0.4, 0.5) is 4.79 Å². The second kappa shape index (κ2) is 4.99. The van der Waals surface area contributed by atoms with E-state index in [4.69, 9.17) is 0 Å². The van der Waals surface area contributed by atoms with E-state index in [0.717, 1.165) is 32.5 Å². The van der Waals surface area contributed by atoms with Gasteiger partial charge in [-0.2, -0.15) is 0 Å². The van der Waals surface area contributed by atoms with Crippen molar-refractivity contribution in [2.24, 2.45) is 29.6 Å². The quantitative estimate of drug-likeness (QED) is 0.802. The molecule has 0 radical (unpaired) electrons. The number of hydrogen-bond acceptors (Lipinski definition) is 2. The molecule has 5 nitrogen and oxygen atoms in total. The lowest BCUT2D eigenvalue weighted by atomic mass is 9.86. The van der Waals surface area contributed by atoms with Crippen molar-refractivity contribution < 1.29 is 9.59 Å². The smallest absolute Gasteiger partial charge is 0.317 e. The Morgan fingerprint density at radius 3 is 2.48 bits per heavy atom. The first-order valence-corrected chi connectivity index (χ1v) is 9.19. The van der Waals surface area contributed by atoms with Gasteiger partial charge >= 0.3 is 6.03 Å². The fraction of sp³-hybridized carbons (Fsp3) is 0.778. The minimum absolute atomic E-state index is 0.0797. The largest absolute Gasteiger partial charge is 0.339 e. The van der Waals surface area contributed by atoms with Crippen molar-refractivity contribution in [3.05, 3.63) is 12.2 Å². The van der Waals surface area contributed by atoms with Gasteiger partial charge in [0.25, 0.3) is 0 Å². The van der Waals surface area contributed by atoms with Gasteiger partial charge in [-0.1, -0.05) is 12.2 Å². The van der Waals surface area contributed by atoms with Crippen LogP contribution in [0.2, 0.25) is 0 Å². The number of likely N-dealkylation sites (tertiary alicyclic amines) is 2. The number of rotatable bonds is 3. The van der Waals surface area contributed by atoms with Crippen LogP contribution in [0.25, 0.3) is 0 Å². The maximum absolute atomic E-state index is 12.5. The van der Waals surface area contributed by atoms with Crippen molar-refractivity contribution >= 4 is 11.9 Å². The topological polar surface area (TPSA) is 52.7 Å². The average Bonchev–Trinajstić information content (AvgIpc) is 2.95. The molecule has 2 aliphatic heterocycles. The van der Waals surface area contributed by atoms with Crippen LogP contribution < -0.4 is 5.32 Å². The van der Waals surface area contributed by atoms with Gasteiger partial charge in [-0.15, -0.1) is 0 Å². The molecule has 5 aliphatic rings. The second-order valence-electron chi connectivity index (χ2n) is 8.21. The van der Waals surface area contributed by atoms with Gasteiger partial charge in [-0.3, -0.25) is 4.79 Å². The number of nitrogens with zero attached hydrogens (tertiary/aromatic N) is 2. The Hall–Kier alpha value is -1.52. The number of carbonyl (C=O) groups is 2. The summed E-state index contributed by atoms with van der Waals surface area (Å²) in [6, 6.07) is 0.584. The first-order valence-electron chi connectivity index (χ1n) is 9.19. The van der Waals surface area contributed by atoms with Gasteiger partial charge in [0.1, 0.15) is 0 Å². The standard InChI is InChI=1S/C18H25N3O2/c22-17-5-11(8-21(17)14-3-4-14)7-19-18(23)20-9-15-12-1-2-13(6-12)16(15)10-20/h1-2,11-16H,3-10H2,(H,19,23)/t11?,12?,13?,15-,16+. The zero-order valence-electron chi connectivity index (χ0n) is 13.5. The SMILES string of the molecule is O=C(NCC1CC(=O)N(C2CC2)C1)N1C[C@@H]2C3C=CC(C3)[C@@H]2C1. The molecule has 23 heavy (non-hydrogen) atoms. The number of fused-ring (bicyclic) bond motifs is 5. The number of urea groups is 1. The maximum atomic E-state index is 12.5. The Morgan fingerprint density at radius 1 is 1.13 bits per heavy atom. The lowest BCUT2D eigenvalue weighted by Crippen LogP contribution is -2.41. The third-order valence-corrected chi connectivity index (χ3v) is 6.72. The first kappa shape index (κ1) is 13.9. The molecule has 3 unspecified atom stereocenters. The van der Waals surface area contributed by atoms with Crippen LogP contribution in [-0.4, -0.2) is 54.0 Å². The van der Waals surface area contributed by atoms with E-state index in [0.29, 0.717) is 48.6 Å². The molecule has 3 aliphatic carbocycles. The molecule has 2 bridgehead atoms. The van der Waals surface area contributed by atoms with Gasteiger partial charge in [0.05, 0.1) is 0 Å². The van der Waals surface area contributed by atoms with Crippen molar-refractivity contribution in [1.29, 1.82) is 0 Å². The number of allylic oxidation sites excluding steroid dienone is 2. The summed E-state index contributed by atoms with van der Waals surface area (Å²) in [7, 11) is 0. The van der Waals surface area contributed by atoms with Gasteiger partial charge in [-0.25, -0.2) is 4.79 Å². The van der Waals surface area contributed by atoms with Crippen molar-refractivity contribution in [2.75, 3.05) is 26.2 Å². The summed E-state index contributed by atoms with van der Waals surface area (Å²) in [4.78, 5) is 28.5. The van der Waals surface area contributed by atoms with Crippen molar-refractivity contribution in [3.63, 3.8) is 0 Å². The molecule has 2 heterocycles. The van der Waals surface area contributed by atoms with Crippen LogP contribution in [0.1, 0.15) is 25.7 Å². The monoisotopic (exact) mass is 315 g/mol. The van der Waals surface area contributed by atoms with Gasteiger partial charge in [0.15, 0.2) is 0 Å². The zero-order valence-corrected chi connectivity index (χ0v) is 13.5. The predicted molar refractivity (Wildman–Crippen MR) is 85.5 cm³/mol. The molecule has 1 N–H and O–H groups in total. The predicted octanol–water partition coefficient (Wildman–Crippen LogP) is 1.46. The van der Waals surface area contributed by atoms with Gasteiger partial charge in [0, 0.05) is 44.6 Å². The van der Waals surface area contributed by atoms with Crippen molar-refractivity contribution in [1.82, 2.24) is 15.1 Å². The first-order chi connectivity index (χ1) is 11.2. The Labute approximate surface area is 137 Å². The number of carbonyl (C=O) groups excluding carboxylic acids is 2. The molecule has 5 atom stereocenters. The summed E-state index contributed by atoms with van der Waals surface area (Å²) in [5.41, 5.74) is 0. The van der Waals surface area contributed by atoms with Crippen molar-refractivity contribution in [2.45, 2.75) is 31.7 Å². The molecular formula is C18H25N3O2. The molecule has 124 valence electrons. The van der Waals surface area contributed by atoms with E-state index in [1.165, 1.54) is 6.42 Å². The highest BCUT2D eigenvalue weighted by Gasteiger charge is 2.50. The molecule has 5 heteroatoms. The number of nitrogens with one attached hydrogen (secondary N) is 1. The Bertz CT molecular complexity index is 551. The Balaban J connectivity index is 1.13. The summed E-state index contributed by atoms with van der Waals surface area (Å²) in [5.74, 6) is 3.38. The number of amides is 3. The third kappa shape index (κ3) is 2.27. The maximum Gasteiger partial charge on any atom is 0.317 e. The highest BCUT2D eigenvalue weighted by molar-refractivity contribution is 5.79. The molecular weight excluding hydrogens is 290 g/mol. The van der Waals surface area contributed by atoms with Crippen LogP contribution in [-0.2, 0) is 4.79 Å². The summed E-state index contributed by atoms with van der Waals surface area (Å²) < 4.78 is 0. The summed E-state index contributed by atoms with van der Waals surface area (Å²) >= 11 is 0. The van der Waals surface area contributed by atoms with E-state index in [9.17, 15) is 9.59 Å². The second-order valence-corrected chi connectivity index (χ2v) is 8.21. The number of hydrogen-bond donors (Lipinski definition) is 1. The molecule has 0 aromatic rings. The third-order valence-electron chi connectivity index (χ3n) is 6.72. The minimum Gasteiger partial charge on any atom is -0.339 e. The molecule has 0 aromatic carbocycles. The molecule has 2 saturated carbocycles. The van der Waals surface area contributed by atoms with E-state index in [-0.39, 0.29) is 11.9 Å². The normalized spacial score (nSPS) is 41.0. The lowest BCUT2D eigenvalue weighted by Gasteiger charge is -2.21. The minimum atomic E-state index is 0.0797. The van der Waals surface area contributed by atoms with E-state index in [1.807, 2.05) is 9.80 Å². The average molecular weight is 315 g/mol. The summed E-state index contributed by atoms with van der Waals surface area (Å²) in [5, 5.41) is 3.09. The summed E-state index contributed by atoms with van der Waals surface area (Å²) in [6.07, 6.45) is 8.98. The summed E-state index contributed by atoms with van der Waals surface area (Å²) in [6.45, 7) is 3.31. The van der Waals surface area contributed by atoms with Crippen molar-refractivity contribution in [3.8, 4) is 0 Å². The fourth-order valence-electron chi connectivity index (χ4n) is 5.35. The highest BCUT2D eigenvalue weighted by Crippen LogP contribution is 2.51. The van der Waals surface area contributed by atoms with Crippen LogP contribution in [0.5, 0.6) is 0 Å². The van der Waals surface area contributed by atoms with E-state index in [2.05, 4.69) is 17.5 Å². The van der Waals surface area contributed by atoms with Crippen LogP contribution in [0.3, 0.4) is 0 Å². The molecule has 0 aromatic heterocycles. The van der Waals surface area contributed by atoms with Crippen LogP contribution in [0, 0.1) is 29.6 Å². The Morgan fingerprint density at radius 2 is 1.83 bits per heavy atom. The highest BCUT2D eigenvalue weighted by atomic mass is 16.2. The molecule has 2 saturated heterocycles. The molecule has 4 fully saturated rings. The Kier molecular flexibility index (Phi) is 3.01. The zero-order chi connectivity index (χ0) is 15.6. The van der Waals surface area contributed by atoms with E-state index in [1.54, 1.807) is 0 Å². The van der Waals surface area contributed by atoms with Crippen LogP contribution >= 0.6 is 0 Å². The molecule has 3 amide bonds. The van der Waals surface area contributed by atoms with Gasteiger partial charge in [0.2, 0.25) is 5.91 Å². The van der Waals surface area contributed by atoms with E-state index >= 15 is 0 Å². The molecule has 5 rings (SSSR count). The fourth-order valence-corrected chi connectivity index (χ4v) is 5.35. The lowest BCUT2D eigenvalue weighted by molar-refractivity contribution is -0.128. The van der Waals surface area contributed by atoms with E-state index < -0.39 is 0 Å². The van der Waals surface area contributed by atoms with Crippen LogP contribution in [0.15, 0.2) is 12.2 Å². The van der Waals surface area contributed by atoms with Gasteiger partial charge in [-0.05, 0) is 42.9 Å².